The molecule has 0 bridgehead atoms. The maximum absolute atomic E-state index is 5.52. The van der Waals surface area contributed by atoms with E-state index in [4.69, 9.17) is 4.74 Å². The van der Waals surface area contributed by atoms with Gasteiger partial charge < -0.3 is 4.74 Å². The van der Waals surface area contributed by atoms with Crippen LogP contribution < -0.4 is 4.74 Å². The topological polar surface area (TPSA) is 9.23 Å². The van der Waals surface area contributed by atoms with Gasteiger partial charge in [0, 0.05) is 5.56 Å². The molecule has 1 unspecified atom stereocenters. The highest BCUT2D eigenvalue weighted by Gasteiger charge is 2.17. The van der Waals surface area contributed by atoms with Crippen molar-refractivity contribution in [2.75, 3.05) is 7.11 Å². The van der Waals surface area contributed by atoms with Crippen LogP contribution in [0.15, 0.2) is 54.6 Å². The highest BCUT2D eigenvalue weighted by molar-refractivity contribution is 6.83. The molecule has 108 valence electrons. The maximum Gasteiger partial charge on any atom is 0.129 e. The Bertz CT molecular complexity index is 645. The fourth-order valence-electron chi connectivity index (χ4n) is 2.18. The van der Waals surface area contributed by atoms with Crippen LogP contribution in [0.1, 0.15) is 17.0 Å². The van der Waals surface area contributed by atoms with Crippen molar-refractivity contribution in [1.82, 2.24) is 0 Å². The number of rotatable bonds is 3. The zero-order chi connectivity index (χ0) is 15.3. The normalized spacial score (nSPS) is 12.2. The summed E-state index contributed by atoms with van der Waals surface area (Å²) in [5.74, 6) is 4.46. The molecule has 2 aromatic rings. The van der Waals surface area contributed by atoms with Crippen LogP contribution in [-0.4, -0.2) is 15.2 Å². The smallest absolute Gasteiger partial charge is 0.129 e. The lowest BCUT2D eigenvalue weighted by atomic mass is 9.91. The number of para-hydroxylation sites is 1. The van der Waals surface area contributed by atoms with Crippen molar-refractivity contribution in [2.24, 2.45) is 0 Å². The second kappa shape index (κ2) is 6.65. The van der Waals surface area contributed by atoms with Crippen LogP contribution >= 0.6 is 0 Å². The first kappa shape index (κ1) is 15.4. The molecule has 0 aliphatic heterocycles. The zero-order valence-corrected chi connectivity index (χ0v) is 14.2. The average molecular weight is 294 g/mol. The fourth-order valence-corrected chi connectivity index (χ4v) is 2.76. The second-order valence-electron chi connectivity index (χ2n) is 6.10. The minimum Gasteiger partial charge on any atom is -0.496 e. The number of methoxy groups -OCH3 is 1. The molecule has 0 amide bonds. The lowest BCUT2D eigenvalue weighted by molar-refractivity contribution is 0.409. The molecule has 2 heteroatoms. The molecule has 2 rings (SSSR count). The first-order chi connectivity index (χ1) is 10.0. The van der Waals surface area contributed by atoms with Crippen molar-refractivity contribution >= 4 is 8.07 Å². The van der Waals surface area contributed by atoms with Gasteiger partial charge in [0.2, 0.25) is 0 Å². The first-order valence-corrected chi connectivity index (χ1v) is 10.7. The van der Waals surface area contributed by atoms with Crippen molar-refractivity contribution in [3.8, 4) is 17.2 Å². The summed E-state index contributed by atoms with van der Waals surface area (Å²) >= 11 is 0. The van der Waals surface area contributed by atoms with Crippen LogP contribution in [-0.2, 0) is 0 Å². The minimum atomic E-state index is -1.42. The third-order valence-corrected chi connectivity index (χ3v) is 4.07. The van der Waals surface area contributed by atoms with Crippen molar-refractivity contribution in [3.05, 3.63) is 65.7 Å². The van der Waals surface area contributed by atoms with E-state index in [2.05, 4.69) is 61.4 Å². The molecule has 1 atom stereocenters. The Balaban J connectivity index is 2.53. The predicted octanol–water partition coefficient (Wildman–Crippen LogP) is 4.71. The van der Waals surface area contributed by atoms with Gasteiger partial charge in [-0.3, -0.25) is 0 Å². The maximum atomic E-state index is 5.52. The summed E-state index contributed by atoms with van der Waals surface area (Å²) in [6, 6.07) is 18.6. The van der Waals surface area contributed by atoms with Crippen LogP contribution in [0, 0.1) is 11.5 Å². The number of benzene rings is 2. The molecule has 0 fully saturated rings. The van der Waals surface area contributed by atoms with Gasteiger partial charge in [-0.1, -0.05) is 74.1 Å². The Kier molecular flexibility index (Phi) is 4.88. The molecule has 0 spiro atoms. The molecule has 1 nitrogen and oxygen atoms in total. The summed E-state index contributed by atoms with van der Waals surface area (Å²) in [7, 11) is 0.300. The van der Waals surface area contributed by atoms with E-state index in [-0.39, 0.29) is 5.92 Å². The van der Waals surface area contributed by atoms with Gasteiger partial charge in [0.15, 0.2) is 0 Å². The van der Waals surface area contributed by atoms with Crippen LogP contribution in [0.5, 0.6) is 5.75 Å². The first-order valence-electron chi connectivity index (χ1n) is 7.22. The van der Waals surface area contributed by atoms with Gasteiger partial charge in [-0.05, 0) is 11.6 Å². The Morgan fingerprint density at radius 1 is 0.905 bits per heavy atom. The van der Waals surface area contributed by atoms with E-state index < -0.39 is 8.07 Å². The van der Waals surface area contributed by atoms with Crippen molar-refractivity contribution in [1.29, 1.82) is 0 Å². The molecule has 0 heterocycles. The minimum absolute atomic E-state index is 0.0640. The summed E-state index contributed by atoms with van der Waals surface area (Å²) < 4.78 is 5.52. The van der Waals surface area contributed by atoms with E-state index in [9.17, 15) is 0 Å². The molecule has 2 aromatic carbocycles. The standard InChI is InChI=1S/C19H22OSi/c1-20-19-13-9-8-12-18(19)17(14-15-21(2,3)4)16-10-6-5-7-11-16/h5-13,17H,1-4H3. The van der Waals surface area contributed by atoms with Gasteiger partial charge in [-0.2, -0.15) is 0 Å². The molecule has 0 aliphatic carbocycles. The molecule has 0 saturated heterocycles. The van der Waals surface area contributed by atoms with E-state index in [1.807, 2.05) is 24.3 Å². The quantitative estimate of drug-likeness (QED) is 0.588. The Labute approximate surface area is 129 Å². The van der Waals surface area contributed by atoms with Gasteiger partial charge in [0.25, 0.3) is 0 Å². The third-order valence-electron chi connectivity index (χ3n) is 3.17. The Morgan fingerprint density at radius 2 is 1.52 bits per heavy atom. The SMILES string of the molecule is COc1ccccc1C(C#C[Si](C)(C)C)c1ccccc1. The lowest BCUT2D eigenvalue weighted by Gasteiger charge is -2.16. The summed E-state index contributed by atoms with van der Waals surface area (Å²) in [5.41, 5.74) is 5.86. The average Bonchev–Trinajstić information content (AvgIpc) is 2.48. The van der Waals surface area contributed by atoms with Gasteiger partial charge in [0.05, 0.1) is 13.0 Å². The van der Waals surface area contributed by atoms with Gasteiger partial charge in [0.1, 0.15) is 13.8 Å². The molecular formula is C19H22OSi. The van der Waals surface area contributed by atoms with E-state index in [1.165, 1.54) is 5.56 Å². The summed E-state index contributed by atoms with van der Waals surface area (Å²) in [6.07, 6.45) is 0. The van der Waals surface area contributed by atoms with Crippen LogP contribution in [0.25, 0.3) is 0 Å². The highest BCUT2D eigenvalue weighted by Crippen LogP contribution is 2.31. The molecule has 0 aromatic heterocycles. The second-order valence-corrected chi connectivity index (χ2v) is 10.9. The molecular weight excluding hydrogens is 272 g/mol. The van der Waals surface area contributed by atoms with E-state index >= 15 is 0 Å². The van der Waals surface area contributed by atoms with Crippen molar-refractivity contribution in [3.63, 3.8) is 0 Å². The highest BCUT2D eigenvalue weighted by atomic mass is 28.3. The number of hydrogen-bond acceptors (Lipinski definition) is 1. The number of ether oxygens (including phenoxy) is 1. The Hall–Kier alpha value is -1.98. The predicted molar refractivity (Wildman–Crippen MR) is 92.4 cm³/mol. The van der Waals surface area contributed by atoms with Crippen LogP contribution in [0.2, 0.25) is 19.6 Å². The Morgan fingerprint density at radius 3 is 2.14 bits per heavy atom. The van der Waals surface area contributed by atoms with Gasteiger partial charge >= 0.3 is 0 Å². The molecule has 0 N–H and O–H groups in total. The molecule has 0 aliphatic rings. The third kappa shape index (κ3) is 4.24. The largest absolute Gasteiger partial charge is 0.496 e. The van der Waals surface area contributed by atoms with E-state index in [0.717, 1.165) is 11.3 Å². The summed E-state index contributed by atoms with van der Waals surface area (Å²) in [6.45, 7) is 6.80. The van der Waals surface area contributed by atoms with Crippen LogP contribution in [0.4, 0.5) is 0 Å². The lowest BCUT2D eigenvalue weighted by Crippen LogP contribution is -2.17. The number of hydrogen-bond donors (Lipinski definition) is 0. The summed E-state index contributed by atoms with van der Waals surface area (Å²) in [5, 5.41) is 0. The molecule has 21 heavy (non-hydrogen) atoms. The molecule has 0 radical (unpaired) electrons. The van der Waals surface area contributed by atoms with E-state index in [1.54, 1.807) is 7.11 Å². The monoisotopic (exact) mass is 294 g/mol. The fraction of sp³-hybridized carbons (Fsp3) is 0.263. The van der Waals surface area contributed by atoms with Gasteiger partial charge in [-0.15, -0.1) is 5.54 Å². The van der Waals surface area contributed by atoms with E-state index in [0.29, 0.717) is 0 Å². The van der Waals surface area contributed by atoms with Crippen molar-refractivity contribution < 1.29 is 4.74 Å². The zero-order valence-electron chi connectivity index (χ0n) is 13.2. The van der Waals surface area contributed by atoms with Gasteiger partial charge in [-0.25, -0.2) is 0 Å². The van der Waals surface area contributed by atoms with Crippen LogP contribution in [0.3, 0.4) is 0 Å². The molecule has 0 saturated carbocycles. The summed E-state index contributed by atoms with van der Waals surface area (Å²) in [4.78, 5) is 0. The van der Waals surface area contributed by atoms with Crippen molar-refractivity contribution in [2.45, 2.75) is 25.6 Å².